The van der Waals surface area contributed by atoms with E-state index in [1.165, 1.54) is 28.5 Å². The van der Waals surface area contributed by atoms with Crippen LogP contribution in [0.15, 0.2) is 65.6 Å². The van der Waals surface area contributed by atoms with Crippen LogP contribution in [0.1, 0.15) is 56.2 Å². The number of nitrogens with zero attached hydrogens (tertiary/aromatic N) is 4. The van der Waals surface area contributed by atoms with Gasteiger partial charge < -0.3 is 10.2 Å². The number of halogens is 1. The third-order valence-corrected chi connectivity index (χ3v) is 11.7. The molecule has 1 unspecified atom stereocenters. The lowest BCUT2D eigenvalue weighted by Crippen LogP contribution is -2.48. The molecule has 1 saturated carbocycles. The van der Waals surface area contributed by atoms with Crippen LogP contribution in [0.2, 0.25) is 5.02 Å². The zero-order valence-corrected chi connectivity index (χ0v) is 26.6. The fourth-order valence-electron chi connectivity index (χ4n) is 6.17. The van der Waals surface area contributed by atoms with E-state index in [-0.39, 0.29) is 10.8 Å². The van der Waals surface area contributed by atoms with Crippen molar-refractivity contribution in [2.45, 2.75) is 56.3 Å². The summed E-state index contributed by atoms with van der Waals surface area (Å²) in [5.74, 6) is -0.0455. The predicted octanol–water partition coefficient (Wildman–Crippen LogP) is 6.72. The number of para-hydroxylation sites is 1. The van der Waals surface area contributed by atoms with Gasteiger partial charge in [-0.25, -0.2) is 18.4 Å². The van der Waals surface area contributed by atoms with E-state index in [0.717, 1.165) is 53.0 Å². The Hall–Kier alpha value is -3.05. The van der Waals surface area contributed by atoms with Crippen LogP contribution < -0.4 is 10.2 Å². The van der Waals surface area contributed by atoms with Crippen LogP contribution in [0, 0.1) is 5.92 Å². The van der Waals surface area contributed by atoms with Crippen LogP contribution in [0.5, 0.6) is 0 Å². The third-order valence-electron chi connectivity index (χ3n) is 8.62. The van der Waals surface area contributed by atoms with Crippen LogP contribution >= 0.6 is 22.9 Å². The Morgan fingerprint density at radius 1 is 1.00 bits per heavy atom. The second-order valence-electron chi connectivity index (χ2n) is 11.3. The number of carbonyl (C=O) groups is 1. The first kappa shape index (κ1) is 30.0. The highest BCUT2D eigenvalue weighted by Crippen LogP contribution is 2.36. The molecule has 1 atom stereocenters. The highest BCUT2D eigenvalue weighted by atomic mass is 35.5. The van der Waals surface area contributed by atoms with E-state index in [9.17, 15) is 13.2 Å². The number of amides is 1. The first-order valence-corrected chi connectivity index (χ1v) is 17.6. The molecule has 1 aliphatic heterocycles. The van der Waals surface area contributed by atoms with Gasteiger partial charge in [-0.05, 0) is 60.7 Å². The summed E-state index contributed by atoms with van der Waals surface area (Å²) < 4.78 is 28.6. The van der Waals surface area contributed by atoms with Gasteiger partial charge in [0, 0.05) is 31.9 Å². The molecule has 43 heavy (non-hydrogen) atoms. The van der Waals surface area contributed by atoms with E-state index in [1.54, 1.807) is 24.3 Å². The fourth-order valence-corrected chi connectivity index (χ4v) is 8.71. The number of hydrogen-bond donors (Lipinski definition) is 1. The molecular weight excluding hydrogens is 602 g/mol. The SMILES string of the molecule is CCc1ccc2nc(NC(=O)C(CC3CCCC3)c3ccc(S(=O)(=O)N4CCN(c5ccccc5Cl)CC4)cc3)sc2n1. The molecule has 0 radical (unpaired) electrons. The van der Waals surface area contributed by atoms with Crippen LogP contribution in [-0.4, -0.2) is 54.8 Å². The van der Waals surface area contributed by atoms with Crippen LogP contribution in [0.4, 0.5) is 10.8 Å². The van der Waals surface area contributed by atoms with Crippen molar-refractivity contribution < 1.29 is 13.2 Å². The molecule has 2 aliphatic rings. The summed E-state index contributed by atoms with van der Waals surface area (Å²) in [5, 5.41) is 4.24. The summed E-state index contributed by atoms with van der Waals surface area (Å²) in [6.45, 7) is 3.93. The Morgan fingerprint density at radius 2 is 1.72 bits per heavy atom. The van der Waals surface area contributed by atoms with Gasteiger partial charge in [-0.3, -0.25) is 4.79 Å². The van der Waals surface area contributed by atoms with Gasteiger partial charge in [0.2, 0.25) is 15.9 Å². The van der Waals surface area contributed by atoms with Crippen molar-refractivity contribution in [1.82, 2.24) is 14.3 Å². The van der Waals surface area contributed by atoms with Gasteiger partial charge in [-0.15, -0.1) is 0 Å². The van der Waals surface area contributed by atoms with Gasteiger partial charge in [-0.2, -0.15) is 4.31 Å². The average molecular weight is 638 g/mol. The molecule has 0 spiro atoms. The molecule has 1 saturated heterocycles. The van der Waals surface area contributed by atoms with Gasteiger partial charge in [0.15, 0.2) is 5.13 Å². The number of fused-ring (bicyclic) bond motifs is 1. The maximum atomic E-state index is 13.7. The molecule has 3 heterocycles. The lowest BCUT2D eigenvalue weighted by Gasteiger charge is -2.35. The Labute approximate surface area is 262 Å². The van der Waals surface area contributed by atoms with Crippen molar-refractivity contribution in [2.75, 3.05) is 36.4 Å². The number of rotatable bonds is 9. The lowest BCUT2D eigenvalue weighted by molar-refractivity contribution is -0.118. The predicted molar refractivity (Wildman–Crippen MR) is 174 cm³/mol. The number of sulfonamides is 1. The highest BCUT2D eigenvalue weighted by molar-refractivity contribution is 7.89. The molecular formula is C32H36ClN5O3S2. The second-order valence-corrected chi connectivity index (χ2v) is 14.7. The number of benzene rings is 2. The zero-order chi connectivity index (χ0) is 30.0. The van der Waals surface area contributed by atoms with E-state index in [0.29, 0.717) is 42.3 Å². The van der Waals surface area contributed by atoms with E-state index in [2.05, 4.69) is 27.1 Å². The minimum absolute atomic E-state index is 0.118. The van der Waals surface area contributed by atoms with E-state index in [1.807, 2.05) is 36.4 Å². The van der Waals surface area contributed by atoms with Crippen molar-refractivity contribution in [2.24, 2.45) is 5.92 Å². The van der Waals surface area contributed by atoms with Crippen molar-refractivity contribution in [3.8, 4) is 0 Å². The van der Waals surface area contributed by atoms with Gasteiger partial charge >= 0.3 is 0 Å². The summed E-state index contributed by atoms with van der Waals surface area (Å²) in [7, 11) is -3.67. The first-order valence-electron chi connectivity index (χ1n) is 15.0. The summed E-state index contributed by atoms with van der Waals surface area (Å²) >= 11 is 7.74. The monoisotopic (exact) mass is 637 g/mol. The van der Waals surface area contributed by atoms with Gasteiger partial charge in [-0.1, -0.05) is 79.8 Å². The quantitative estimate of drug-likeness (QED) is 0.219. The molecule has 6 rings (SSSR count). The van der Waals surface area contributed by atoms with E-state index in [4.69, 9.17) is 11.6 Å². The minimum atomic E-state index is -3.67. The van der Waals surface area contributed by atoms with Crippen molar-refractivity contribution >= 4 is 60.0 Å². The average Bonchev–Trinajstić information content (AvgIpc) is 3.69. The topological polar surface area (TPSA) is 95.5 Å². The first-order chi connectivity index (χ1) is 20.8. The number of nitrogens with one attached hydrogen (secondary N) is 1. The maximum Gasteiger partial charge on any atom is 0.243 e. The maximum absolute atomic E-state index is 13.7. The fraction of sp³-hybridized carbons (Fsp3) is 0.406. The van der Waals surface area contributed by atoms with Gasteiger partial charge in [0.1, 0.15) is 10.3 Å². The molecule has 2 aromatic heterocycles. The molecule has 1 N–H and O–H groups in total. The highest BCUT2D eigenvalue weighted by Gasteiger charge is 2.31. The van der Waals surface area contributed by atoms with Crippen molar-refractivity contribution in [1.29, 1.82) is 0 Å². The van der Waals surface area contributed by atoms with E-state index < -0.39 is 15.9 Å². The summed E-state index contributed by atoms with van der Waals surface area (Å²) in [6, 6.07) is 18.4. The number of aryl methyl sites for hydroxylation is 1. The molecule has 11 heteroatoms. The lowest BCUT2D eigenvalue weighted by atomic mass is 9.87. The number of piperazine rings is 1. The number of anilines is 2. The Kier molecular flexibility index (Phi) is 9.00. The number of thiazole rings is 1. The van der Waals surface area contributed by atoms with Gasteiger partial charge in [0.05, 0.1) is 21.5 Å². The molecule has 1 amide bonds. The number of aromatic nitrogens is 2. The van der Waals surface area contributed by atoms with Crippen LogP contribution in [0.25, 0.3) is 10.3 Å². The Bertz CT molecular complexity index is 1700. The molecule has 0 bridgehead atoms. The van der Waals surface area contributed by atoms with Crippen LogP contribution in [-0.2, 0) is 21.2 Å². The number of hydrogen-bond acceptors (Lipinski definition) is 7. The Morgan fingerprint density at radius 3 is 2.42 bits per heavy atom. The normalized spacial score (nSPS) is 17.4. The standard InChI is InChI=1S/C32H36ClN5O3S2/c1-2-24-13-16-28-31(34-24)42-32(35-28)36-30(39)26(21-22-7-3-4-8-22)23-11-14-25(15-12-23)43(40,41)38-19-17-37(18-20-38)29-10-6-5-9-27(29)33/h5-6,9-16,22,26H,2-4,7-8,17-21H2,1H3,(H,35,36,39). The third kappa shape index (κ3) is 6.57. The van der Waals surface area contributed by atoms with Crippen molar-refractivity contribution in [3.05, 3.63) is 76.9 Å². The largest absolute Gasteiger partial charge is 0.368 e. The second kappa shape index (κ2) is 12.9. The van der Waals surface area contributed by atoms with Crippen molar-refractivity contribution in [3.63, 3.8) is 0 Å². The number of pyridine rings is 1. The molecule has 2 aromatic carbocycles. The van der Waals surface area contributed by atoms with E-state index >= 15 is 0 Å². The molecule has 4 aromatic rings. The summed E-state index contributed by atoms with van der Waals surface area (Å²) in [6.07, 6.45) is 6.16. The smallest absolute Gasteiger partial charge is 0.243 e. The number of carbonyl (C=O) groups excluding carboxylic acids is 1. The molecule has 8 nitrogen and oxygen atoms in total. The zero-order valence-electron chi connectivity index (χ0n) is 24.2. The summed E-state index contributed by atoms with van der Waals surface area (Å²) in [5.41, 5.74) is 3.50. The Balaban J connectivity index is 1.17. The van der Waals surface area contributed by atoms with Gasteiger partial charge in [0.25, 0.3) is 0 Å². The molecule has 1 aliphatic carbocycles. The molecule has 226 valence electrons. The minimum Gasteiger partial charge on any atom is -0.368 e. The van der Waals surface area contributed by atoms with Crippen LogP contribution in [0.3, 0.4) is 0 Å². The molecule has 2 fully saturated rings. The summed E-state index contributed by atoms with van der Waals surface area (Å²) in [4.78, 5) is 26.1.